The van der Waals surface area contributed by atoms with Crippen molar-refractivity contribution < 1.29 is 0 Å². The molecule has 0 saturated carbocycles. The number of benzene rings is 1. The molecule has 1 aliphatic carbocycles. The van der Waals surface area contributed by atoms with Crippen LogP contribution in [-0.2, 0) is 6.42 Å². The lowest BCUT2D eigenvalue weighted by Crippen LogP contribution is -2.20. The molecule has 1 aromatic carbocycles. The molecule has 164 valence electrons. The van der Waals surface area contributed by atoms with Crippen LogP contribution in [0.3, 0.4) is 0 Å². The van der Waals surface area contributed by atoms with Crippen LogP contribution in [-0.4, -0.2) is 0 Å². The average Bonchev–Trinajstić information content (AvgIpc) is 2.76. The Morgan fingerprint density at radius 2 is 1.38 bits per heavy atom. The highest BCUT2D eigenvalue weighted by Gasteiger charge is 2.17. The third-order valence-corrected chi connectivity index (χ3v) is 6.51. The molecule has 0 aromatic heterocycles. The molecule has 1 heteroatoms. The molecule has 1 atom stereocenters. The molecule has 0 saturated heterocycles. The highest BCUT2D eigenvalue weighted by atomic mass is 14.9. The number of allylic oxidation sites excluding steroid dienone is 1. The van der Waals surface area contributed by atoms with Gasteiger partial charge in [-0.05, 0) is 49.4 Å². The maximum absolute atomic E-state index is 3.65. The minimum absolute atomic E-state index is 0.521. The third-order valence-electron chi connectivity index (χ3n) is 6.51. The summed E-state index contributed by atoms with van der Waals surface area (Å²) in [7, 11) is 0. The molecule has 0 fully saturated rings. The number of hydrogen-bond donors (Lipinski definition) is 1. The molecule has 0 spiro atoms. The normalized spacial score (nSPS) is 16.2. The van der Waals surface area contributed by atoms with Crippen molar-refractivity contribution in [2.75, 3.05) is 0 Å². The molecule has 1 aliphatic rings. The maximum Gasteiger partial charge on any atom is 0.0511 e. The second kappa shape index (κ2) is 16.5. The van der Waals surface area contributed by atoms with Crippen LogP contribution in [0.15, 0.2) is 36.5 Å². The molecule has 0 bridgehead atoms. The smallest absolute Gasteiger partial charge is 0.0511 e. The Hall–Kier alpha value is -1.24. The van der Waals surface area contributed by atoms with Gasteiger partial charge in [0, 0.05) is 0 Å². The largest absolute Gasteiger partial charge is 0.384 e. The minimum Gasteiger partial charge on any atom is -0.384 e. The number of fused-ring (bicyclic) bond motifs is 1. The van der Waals surface area contributed by atoms with Gasteiger partial charge in [0.1, 0.15) is 0 Å². The van der Waals surface area contributed by atoms with Crippen LogP contribution in [0.25, 0.3) is 0 Å². The highest BCUT2D eigenvalue weighted by molar-refractivity contribution is 5.32. The Bertz CT molecular complexity index is 533. The number of hydrogen-bond acceptors (Lipinski definition) is 1. The van der Waals surface area contributed by atoms with Crippen molar-refractivity contribution in [2.24, 2.45) is 0 Å². The average molecular weight is 398 g/mol. The third kappa shape index (κ3) is 10.9. The first-order valence-electron chi connectivity index (χ1n) is 12.9. The van der Waals surface area contributed by atoms with E-state index < -0.39 is 0 Å². The Balaban J connectivity index is 1.36. The summed E-state index contributed by atoms with van der Waals surface area (Å²) < 4.78 is 0. The van der Waals surface area contributed by atoms with Gasteiger partial charge in [0.05, 0.1) is 6.04 Å². The summed E-state index contributed by atoms with van der Waals surface area (Å²) in [5.41, 5.74) is 3.05. The molecule has 0 amide bonds. The Kier molecular flexibility index (Phi) is 13.7. The Morgan fingerprint density at radius 1 is 0.793 bits per heavy atom. The fourth-order valence-electron chi connectivity index (χ4n) is 4.65. The predicted molar refractivity (Wildman–Crippen MR) is 129 cm³/mol. The van der Waals surface area contributed by atoms with E-state index >= 15 is 0 Å². The van der Waals surface area contributed by atoms with Crippen molar-refractivity contribution in [1.29, 1.82) is 0 Å². The lowest BCUT2D eigenvalue weighted by atomic mass is 9.88. The number of aryl methyl sites for hydroxylation is 1. The van der Waals surface area contributed by atoms with Crippen molar-refractivity contribution in [3.63, 3.8) is 0 Å². The lowest BCUT2D eigenvalue weighted by Gasteiger charge is -2.25. The number of nitrogens with one attached hydrogen (secondary N) is 1. The van der Waals surface area contributed by atoms with Gasteiger partial charge >= 0.3 is 0 Å². The van der Waals surface area contributed by atoms with Crippen LogP contribution < -0.4 is 5.32 Å². The molecule has 1 nitrogen and oxygen atoms in total. The van der Waals surface area contributed by atoms with E-state index in [0.717, 1.165) is 0 Å². The van der Waals surface area contributed by atoms with Gasteiger partial charge in [-0.2, -0.15) is 0 Å². The van der Waals surface area contributed by atoms with Gasteiger partial charge in [-0.25, -0.2) is 0 Å². The van der Waals surface area contributed by atoms with Crippen molar-refractivity contribution >= 4 is 0 Å². The summed E-state index contributed by atoms with van der Waals surface area (Å²) in [6, 6.07) is 9.46. The van der Waals surface area contributed by atoms with Gasteiger partial charge in [-0.3, -0.25) is 0 Å². The monoisotopic (exact) mass is 397 g/mol. The van der Waals surface area contributed by atoms with Crippen molar-refractivity contribution in [3.05, 3.63) is 47.7 Å². The van der Waals surface area contributed by atoms with Gasteiger partial charge in [-0.1, -0.05) is 121 Å². The summed E-state index contributed by atoms with van der Waals surface area (Å²) in [6.45, 7) is 2.30. The lowest BCUT2D eigenvalue weighted by molar-refractivity contribution is 0.511. The molecule has 0 radical (unpaired) electrons. The van der Waals surface area contributed by atoms with Gasteiger partial charge in [0.25, 0.3) is 0 Å². The zero-order chi connectivity index (χ0) is 20.4. The van der Waals surface area contributed by atoms with Crippen LogP contribution in [0.5, 0.6) is 0 Å². The fraction of sp³-hybridized carbons (Fsp3) is 0.714. The molecular formula is C28H47N. The first-order chi connectivity index (χ1) is 14.4. The van der Waals surface area contributed by atoms with Crippen molar-refractivity contribution in [2.45, 2.75) is 129 Å². The molecule has 1 unspecified atom stereocenters. The summed E-state index contributed by atoms with van der Waals surface area (Å²) in [5, 5.41) is 3.65. The quantitative estimate of drug-likeness (QED) is 0.258. The van der Waals surface area contributed by atoms with Crippen molar-refractivity contribution in [3.8, 4) is 0 Å². The van der Waals surface area contributed by atoms with Gasteiger partial charge < -0.3 is 5.32 Å². The van der Waals surface area contributed by atoms with E-state index in [1.54, 1.807) is 0 Å². The molecule has 1 N–H and O–H groups in total. The van der Waals surface area contributed by atoms with Gasteiger partial charge in [-0.15, -0.1) is 0 Å². The molecule has 1 aromatic rings. The van der Waals surface area contributed by atoms with Gasteiger partial charge in [0.15, 0.2) is 0 Å². The second-order valence-electron chi connectivity index (χ2n) is 9.10. The summed E-state index contributed by atoms with van der Waals surface area (Å²) >= 11 is 0. The standard InChI is InChI=1S/C28H47N/c1-2-3-4-5-6-7-8-9-10-11-12-13-14-15-16-19-25-29-28-24-20-22-26-21-17-18-23-27(26)28/h17-19,21,23,25,28-29H,2-16,20,22,24H2,1H3. The van der Waals surface area contributed by atoms with E-state index in [-0.39, 0.29) is 0 Å². The van der Waals surface area contributed by atoms with Crippen LogP contribution in [0.1, 0.15) is 133 Å². The molecule has 0 aliphatic heterocycles. The van der Waals surface area contributed by atoms with Crippen molar-refractivity contribution in [1.82, 2.24) is 5.32 Å². The molecule has 29 heavy (non-hydrogen) atoms. The maximum atomic E-state index is 3.65. The predicted octanol–water partition coefficient (Wildman–Crippen LogP) is 9.04. The number of rotatable bonds is 17. The van der Waals surface area contributed by atoms with E-state index in [4.69, 9.17) is 0 Å². The summed E-state index contributed by atoms with van der Waals surface area (Å²) in [5.74, 6) is 0. The Morgan fingerprint density at radius 3 is 2.03 bits per heavy atom. The number of unbranched alkanes of at least 4 members (excludes halogenated alkanes) is 14. The second-order valence-corrected chi connectivity index (χ2v) is 9.10. The molecular weight excluding hydrogens is 350 g/mol. The zero-order valence-electron chi connectivity index (χ0n) is 19.3. The zero-order valence-corrected chi connectivity index (χ0v) is 19.3. The summed E-state index contributed by atoms with van der Waals surface area (Å²) in [6.07, 6.45) is 29.7. The molecule has 2 rings (SSSR count). The fourth-order valence-corrected chi connectivity index (χ4v) is 4.65. The van der Waals surface area contributed by atoms with Crippen LogP contribution in [0.4, 0.5) is 0 Å². The minimum atomic E-state index is 0.521. The van der Waals surface area contributed by atoms with E-state index in [0.29, 0.717) is 6.04 Å². The van der Waals surface area contributed by atoms with Gasteiger partial charge in [0.2, 0.25) is 0 Å². The van der Waals surface area contributed by atoms with E-state index in [1.807, 2.05) is 0 Å². The molecule has 0 heterocycles. The highest BCUT2D eigenvalue weighted by Crippen LogP contribution is 2.29. The first-order valence-corrected chi connectivity index (χ1v) is 12.9. The Labute approximate surface area is 181 Å². The van der Waals surface area contributed by atoms with E-state index in [9.17, 15) is 0 Å². The van der Waals surface area contributed by atoms with E-state index in [2.05, 4.69) is 48.8 Å². The van der Waals surface area contributed by atoms with Crippen LogP contribution in [0, 0.1) is 0 Å². The first kappa shape index (κ1) is 24.0. The van der Waals surface area contributed by atoms with Crippen LogP contribution in [0.2, 0.25) is 0 Å². The SMILES string of the molecule is CCCCCCCCCCCCCCCCC=CNC1CCCc2ccccc21. The van der Waals surface area contributed by atoms with Crippen LogP contribution >= 0.6 is 0 Å². The summed E-state index contributed by atoms with van der Waals surface area (Å²) in [4.78, 5) is 0. The van der Waals surface area contributed by atoms with E-state index in [1.165, 1.54) is 127 Å². The topological polar surface area (TPSA) is 12.0 Å².